The van der Waals surface area contributed by atoms with Crippen LogP contribution >= 0.6 is 11.6 Å². The van der Waals surface area contributed by atoms with Crippen LogP contribution in [0.2, 0.25) is 5.02 Å². The zero-order valence-corrected chi connectivity index (χ0v) is 41.5. The highest BCUT2D eigenvalue weighted by molar-refractivity contribution is 7.89. The summed E-state index contributed by atoms with van der Waals surface area (Å²) in [4.78, 5) is 18.1. The Morgan fingerprint density at radius 2 is 1.40 bits per heavy atom. The van der Waals surface area contributed by atoms with Gasteiger partial charge in [-0.15, -0.1) is 0 Å². The number of aryl methyl sites for hydroxylation is 3. The van der Waals surface area contributed by atoms with E-state index in [0.717, 1.165) is 97.7 Å². The van der Waals surface area contributed by atoms with E-state index in [-0.39, 0.29) is 18.0 Å². The topological polar surface area (TPSA) is 119 Å². The van der Waals surface area contributed by atoms with Crippen molar-refractivity contribution in [1.82, 2.24) is 23.2 Å². The fourth-order valence-corrected chi connectivity index (χ4v) is 11.6. The Labute approximate surface area is 414 Å². The van der Waals surface area contributed by atoms with Gasteiger partial charge in [-0.3, -0.25) is 9.80 Å². The number of fused-ring (bicyclic) bond motifs is 2. The quantitative estimate of drug-likeness (QED) is 0.0746. The van der Waals surface area contributed by atoms with Gasteiger partial charge in [0, 0.05) is 98.5 Å². The minimum absolute atomic E-state index is 0.0630. The van der Waals surface area contributed by atoms with E-state index >= 15 is 0 Å². The van der Waals surface area contributed by atoms with E-state index in [2.05, 4.69) is 50.9 Å². The number of para-hydroxylation sites is 2. The monoisotopic (exact) mass is 989 g/mol. The lowest BCUT2D eigenvalue weighted by Crippen LogP contribution is -2.43. The van der Waals surface area contributed by atoms with E-state index in [1.54, 1.807) is 0 Å². The molecule has 2 aliphatic heterocycles. The summed E-state index contributed by atoms with van der Waals surface area (Å²) in [5.41, 5.74) is 8.89. The number of halogens is 2. The lowest BCUT2D eigenvalue weighted by Gasteiger charge is -2.29. The predicted octanol–water partition coefficient (Wildman–Crippen LogP) is 9.33. The molecule has 0 spiro atoms. The van der Waals surface area contributed by atoms with Crippen molar-refractivity contribution in [2.24, 2.45) is 0 Å². The molecule has 2 aliphatic rings. The van der Waals surface area contributed by atoms with Gasteiger partial charge < -0.3 is 28.5 Å². The van der Waals surface area contributed by atoms with Crippen molar-refractivity contribution >= 4 is 49.4 Å². The summed E-state index contributed by atoms with van der Waals surface area (Å²) in [5, 5.41) is 13.7. The molecule has 0 atom stereocenters. The van der Waals surface area contributed by atoms with Gasteiger partial charge in [0.1, 0.15) is 17.3 Å². The number of hydrogen-bond donors (Lipinski definition) is 1. The first-order chi connectivity index (χ1) is 34.0. The Kier molecular flexibility index (Phi) is 15.7. The SMILES string of the molecule is Cc1cc(OCCCc2c(C(=O)O)n(CCN3CCOCC3)c3c(-c4ccccc4Cn4cc(CCN(CCN5CCOCC5)S(=O)(=O)c5ccc(F)cc5)c5ccccc54)cccc23)cc(C)c1Cl. The first-order valence-electron chi connectivity index (χ1n) is 24.2. The van der Waals surface area contributed by atoms with Gasteiger partial charge in [0.05, 0.1) is 43.4 Å². The van der Waals surface area contributed by atoms with Crippen LogP contribution in [-0.4, -0.2) is 128 Å². The largest absolute Gasteiger partial charge is 0.494 e. The molecule has 12 nitrogen and oxygen atoms in total. The van der Waals surface area contributed by atoms with Crippen LogP contribution in [0, 0.1) is 19.7 Å². The number of carboxylic acid groups (broad SMARTS) is 1. The Morgan fingerprint density at radius 1 is 0.757 bits per heavy atom. The van der Waals surface area contributed by atoms with E-state index in [9.17, 15) is 22.7 Å². The zero-order chi connectivity index (χ0) is 48.8. The van der Waals surface area contributed by atoms with Crippen molar-refractivity contribution in [3.63, 3.8) is 0 Å². The third-order valence-corrected chi connectivity index (χ3v) is 16.3. The average molecular weight is 991 g/mol. The highest BCUT2D eigenvalue weighted by Crippen LogP contribution is 2.38. The summed E-state index contributed by atoms with van der Waals surface area (Å²) in [6.07, 6.45) is 3.71. The molecule has 5 aromatic carbocycles. The van der Waals surface area contributed by atoms with E-state index < -0.39 is 21.8 Å². The van der Waals surface area contributed by atoms with Crippen LogP contribution in [-0.2, 0) is 45.4 Å². The van der Waals surface area contributed by atoms with Crippen molar-refractivity contribution in [1.29, 1.82) is 0 Å². The van der Waals surface area contributed by atoms with Gasteiger partial charge in [-0.05, 0) is 109 Å². The minimum atomic E-state index is -3.94. The van der Waals surface area contributed by atoms with Gasteiger partial charge in [0.25, 0.3) is 0 Å². The molecule has 1 N–H and O–H groups in total. The van der Waals surface area contributed by atoms with Crippen LogP contribution in [0.25, 0.3) is 32.9 Å². The molecule has 4 heterocycles. The molecule has 368 valence electrons. The van der Waals surface area contributed by atoms with Gasteiger partial charge in [-0.25, -0.2) is 17.6 Å². The molecule has 70 heavy (non-hydrogen) atoms. The zero-order valence-electron chi connectivity index (χ0n) is 39.9. The van der Waals surface area contributed by atoms with Crippen molar-refractivity contribution in [3.8, 4) is 16.9 Å². The van der Waals surface area contributed by atoms with Crippen LogP contribution in [0.1, 0.15) is 44.7 Å². The molecule has 0 saturated carbocycles. The number of aromatic nitrogens is 2. The Balaban J connectivity index is 1.03. The first kappa shape index (κ1) is 49.4. The second kappa shape index (κ2) is 22.2. The molecule has 7 aromatic rings. The van der Waals surface area contributed by atoms with Crippen LogP contribution < -0.4 is 4.74 Å². The number of carbonyl (C=O) groups is 1. The molecular formula is C55H61ClFN5O7S. The maximum absolute atomic E-state index is 14.2. The second-order valence-electron chi connectivity index (χ2n) is 18.3. The van der Waals surface area contributed by atoms with Gasteiger partial charge in [-0.2, -0.15) is 4.31 Å². The Bertz CT molecular complexity index is 3050. The first-order valence-corrected chi connectivity index (χ1v) is 26.1. The van der Waals surface area contributed by atoms with E-state index in [4.69, 9.17) is 25.8 Å². The number of nitrogens with zero attached hydrogens (tertiary/aromatic N) is 5. The third-order valence-electron chi connectivity index (χ3n) is 13.8. The van der Waals surface area contributed by atoms with Crippen molar-refractivity contribution < 1.29 is 36.9 Å². The molecule has 0 bridgehead atoms. The van der Waals surface area contributed by atoms with E-state index in [1.165, 1.54) is 28.6 Å². The van der Waals surface area contributed by atoms with E-state index in [1.807, 2.05) is 66.9 Å². The maximum Gasteiger partial charge on any atom is 0.352 e. The van der Waals surface area contributed by atoms with Crippen molar-refractivity contribution in [3.05, 3.63) is 154 Å². The summed E-state index contributed by atoms with van der Waals surface area (Å²) in [6, 6.07) is 31.6. The Hall–Kier alpha value is -5.58. The number of benzene rings is 5. The molecule has 0 radical (unpaired) electrons. The van der Waals surface area contributed by atoms with Crippen LogP contribution in [0.3, 0.4) is 0 Å². The lowest BCUT2D eigenvalue weighted by molar-refractivity contribution is 0.0362. The minimum Gasteiger partial charge on any atom is -0.494 e. The molecule has 2 aromatic heterocycles. The molecular weight excluding hydrogens is 929 g/mol. The van der Waals surface area contributed by atoms with Crippen LogP contribution in [0.4, 0.5) is 4.39 Å². The fourth-order valence-electron chi connectivity index (χ4n) is 10.1. The maximum atomic E-state index is 14.2. The summed E-state index contributed by atoms with van der Waals surface area (Å²) in [6.45, 7) is 12.6. The molecule has 15 heteroatoms. The standard InChI is InChI=1S/C55H61ClFN5O7S/c1-39-35-44(36-40(2)52(39)56)69-30-8-14-50-49-13-7-12-48(53(49)62(54(50)55(63)64)25-23-59-28-33-68-34-29-59)46-10-4-3-9-41(46)37-60-38-42(47-11-5-6-15-51(47)60)20-21-61(24-22-58-26-31-67-32-27-58)70(65,66)45-18-16-43(57)17-19-45/h3-7,9-13,15-19,35-36,38H,8,14,20-34,37H2,1-2H3,(H,63,64). The molecule has 0 amide bonds. The van der Waals surface area contributed by atoms with Gasteiger partial charge >= 0.3 is 5.97 Å². The smallest absolute Gasteiger partial charge is 0.352 e. The van der Waals surface area contributed by atoms with E-state index in [0.29, 0.717) is 84.2 Å². The number of ether oxygens (including phenoxy) is 3. The van der Waals surface area contributed by atoms with Gasteiger partial charge in [0.2, 0.25) is 10.0 Å². The third kappa shape index (κ3) is 11.0. The fraction of sp³-hybridized carbons (Fsp3) is 0.364. The highest BCUT2D eigenvalue weighted by atomic mass is 35.5. The highest BCUT2D eigenvalue weighted by Gasteiger charge is 2.28. The summed E-state index contributed by atoms with van der Waals surface area (Å²) in [5.74, 6) is -0.715. The van der Waals surface area contributed by atoms with Crippen LogP contribution in [0.5, 0.6) is 5.75 Å². The number of morpholine rings is 2. The summed E-state index contributed by atoms with van der Waals surface area (Å²) in [7, 11) is -3.94. The molecule has 9 rings (SSSR count). The number of sulfonamides is 1. The molecule has 2 saturated heterocycles. The number of rotatable bonds is 20. The number of hydrogen-bond acceptors (Lipinski definition) is 8. The average Bonchev–Trinajstić information content (AvgIpc) is 3.89. The molecule has 0 aliphatic carbocycles. The lowest BCUT2D eigenvalue weighted by atomic mass is 9.96. The molecule has 0 unspecified atom stereocenters. The second-order valence-corrected chi connectivity index (χ2v) is 20.6. The summed E-state index contributed by atoms with van der Waals surface area (Å²) >= 11 is 6.43. The normalized spacial score (nSPS) is 15.1. The van der Waals surface area contributed by atoms with Gasteiger partial charge in [-0.1, -0.05) is 72.3 Å². The van der Waals surface area contributed by atoms with Gasteiger partial charge in [0.15, 0.2) is 0 Å². The van der Waals surface area contributed by atoms with Crippen molar-refractivity contribution in [2.45, 2.75) is 51.1 Å². The number of aromatic carboxylic acids is 1. The number of carboxylic acids is 1. The van der Waals surface area contributed by atoms with Crippen molar-refractivity contribution in [2.75, 3.05) is 85.4 Å². The van der Waals surface area contributed by atoms with Crippen LogP contribution in [0.15, 0.2) is 114 Å². The molecule has 2 fully saturated rings. The Morgan fingerprint density at radius 3 is 2.11 bits per heavy atom. The summed E-state index contributed by atoms with van der Waals surface area (Å²) < 4.78 is 65.5. The predicted molar refractivity (Wildman–Crippen MR) is 273 cm³/mol.